The Morgan fingerprint density at radius 1 is 1.10 bits per heavy atom. The molecule has 160 valence electrons. The minimum absolute atomic E-state index is 0.0307. The van der Waals surface area contributed by atoms with Crippen molar-refractivity contribution in [3.63, 3.8) is 0 Å². The van der Waals surface area contributed by atoms with E-state index in [1.807, 2.05) is 36.9 Å². The molecule has 2 N–H and O–H groups in total. The lowest BCUT2D eigenvalue weighted by atomic mass is 9.82. The normalized spacial score (nSPS) is 16.3. The first-order valence-electron chi connectivity index (χ1n) is 10.8. The Labute approximate surface area is 182 Å². The van der Waals surface area contributed by atoms with Crippen LogP contribution in [0.3, 0.4) is 0 Å². The smallest absolute Gasteiger partial charge is 0.321 e. The summed E-state index contributed by atoms with van der Waals surface area (Å²) in [5.74, 6) is 0.836. The Kier molecular flexibility index (Phi) is 4.65. The zero-order valence-corrected chi connectivity index (χ0v) is 18.2. The molecule has 1 fully saturated rings. The number of aryl methyl sites for hydroxylation is 2. The van der Waals surface area contributed by atoms with Gasteiger partial charge in [0.2, 0.25) is 0 Å². The van der Waals surface area contributed by atoms with Crippen LogP contribution in [0.2, 0.25) is 0 Å². The van der Waals surface area contributed by atoms with E-state index in [1.165, 1.54) is 5.69 Å². The van der Waals surface area contributed by atoms with E-state index >= 15 is 0 Å². The highest BCUT2D eigenvalue weighted by atomic mass is 16.5. The summed E-state index contributed by atoms with van der Waals surface area (Å²) in [4.78, 5) is 14.9. The van der Waals surface area contributed by atoms with Gasteiger partial charge in [0.15, 0.2) is 0 Å². The predicted molar refractivity (Wildman–Crippen MR) is 123 cm³/mol. The maximum absolute atomic E-state index is 13.0. The average molecular weight is 417 g/mol. The molecular weight excluding hydrogens is 388 g/mol. The highest BCUT2D eigenvalue weighted by Crippen LogP contribution is 2.44. The summed E-state index contributed by atoms with van der Waals surface area (Å²) in [5, 5.41) is 6.90. The van der Waals surface area contributed by atoms with Crippen molar-refractivity contribution in [3.05, 3.63) is 71.5 Å². The van der Waals surface area contributed by atoms with Gasteiger partial charge in [0.25, 0.3) is 0 Å². The number of carbonyl (C=O) groups excluding carboxylic acids is 1. The third-order valence-electron chi connectivity index (χ3n) is 6.62. The molecule has 0 atom stereocenters. The number of nitrogens with zero attached hydrogens (tertiary/aromatic N) is 2. The largest absolute Gasteiger partial charge is 0.497 e. The van der Waals surface area contributed by atoms with Gasteiger partial charge in [-0.15, -0.1) is 0 Å². The second-order valence-corrected chi connectivity index (χ2v) is 8.59. The highest BCUT2D eigenvalue weighted by Gasteiger charge is 2.42. The SMILES string of the molecule is COc1ccc2c(c1)NC1(CCN(C(=O)Nc3cc(C)ccc3C)CC1)c1cccn1-2. The fraction of sp³-hybridized carbons (Fsp3) is 0.320. The molecule has 2 amide bonds. The number of anilines is 2. The molecule has 3 aromatic rings. The number of carbonyl (C=O) groups is 1. The van der Waals surface area contributed by atoms with E-state index in [-0.39, 0.29) is 11.6 Å². The Balaban J connectivity index is 1.36. The summed E-state index contributed by atoms with van der Waals surface area (Å²) in [6.45, 7) is 5.44. The van der Waals surface area contributed by atoms with Gasteiger partial charge in [-0.2, -0.15) is 0 Å². The van der Waals surface area contributed by atoms with Crippen LogP contribution >= 0.6 is 0 Å². The van der Waals surface area contributed by atoms with Crippen LogP contribution in [0.4, 0.5) is 16.2 Å². The average Bonchev–Trinajstić information content (AvgIpc) is 3.28. The lowest BCUT2D eigenvalue weighted by Crippen LogP contribution is -2.51. The standard InChI is InChI=1S/C25H28N4O2/c1-17-6-7-18(2)20(15-17)26-24(30)28-13-10-25(11-14-28)23-5-4-12-29(23)22-9-8-19(31-3)16-21(22)27-25/h4-9,12,15-16,27H,10-11,13-14H2,1-3H3,(H,26,30). The molecule has 2 aliphatic rings. The van der Waals surface area contributed by atoms with Crippen molar-refractivity contribution in [2.24, 2.45) is 0 Å². The van der Waals surface area contributed by atoms with Crippen LogP contribution in [0.25, 0.3) is 5.69 Å². The van der Waals surface area contributed by atoms with Gasteiger partial charge in [-0.25, -0.2) is 4.79 Å². The highest BCUT2D eigenvalue weighted by molar-refractivity contribution is 5.90. The third-order valence-corrected chi connectivity index (χ3v) is 6.62. The van der Waals surface area contributed by atoms with Gasteiger partial charge >= 0.3 is 6.03 Å². The zero-order chi connectivity index (χ0) is 21.6. The van der Waals surface area contributed by atoms with Crippen LogP contribution in [-0.4, -0.2) is 35.7 Å². The van der Waals surface area contributed by atoms with Gasteiger partial charge in [0, 0.05) is 36.7 Å². The molecule has 0 bridgehead atoms. The Hall–Kier alpha value is -3.41. The molecule has 0 radical (unpaired) electrons. The summed E-state index contributed by atoms with van der Waals surface area (Å²) in [7, 11) is 1.69. The number of rotatable bonds is 2. The van der Waals surface area contributed by atoms with Crippen molar-refractivity contribution in [2.75, 3.05) is 30.8 Å². The molecule has 2 aliphatic heterocycles. The molecule has 5 rings (SSSR count). The number of methoxy groups -OCH3 is 1. The summed E-state index contributed by atoms with van der Waals surface area (Å²) in [6.07, 6.45) is 3.80. The summed E-state index contributed by atoms with van der Waals surface area (Å²) >= 11 is 0. The molecule has 0 unspecified atom stereocenters. The summed E-state index contributed by atoms with van der Waals surface area (Å²) in [5.41, 5.74) is 6.34. The Bertz CT molecular complexity index is 1140. The van der Waals surface area contributed by atoms with Gasteiger partial charge in [-0.3, -0.25) is 0 Å². The van der Waals surface area contributed by atoms with E-state index in [1.54, 1.807) is 7.11 Å². The molecule has 0 aliphatic carbocycles. The minimum atomic E-state index is -0.196. The van der Waals surface area contributed by atoms with Crippen molar-refractivity contribution < 1.29 is 9.53 Å². The first-order chi connectivity index (χ1) is 15.0. The molecule has 1 saturated heterocycles. The predicted octanol–water partition coefficient (Wildman–Crippen LogP) is 5.05. The van der Waals surface area contributed by atoms with Crippen molar-refractivity contribution in [3.8, 4) is 11.4 Å². The topological polar surface area (TPSA) is 58.5 Å². The lowest BCUT2D eigenvalue weighted by molar-refractivity contribution is 0.174. The van der Waals surface area contributed by atoms with E-state index in [9.17, 15) is 4.79 Å². The number of ether oxygens (including phenoxy) is 1. The van der Waals surface area contributed by atoms with Crippen LogP contribution in [0.5, 0.6) is 5.75 Å². The zero-order valence-electron chi connectivity index (χ0n) is 18.2. The van der Waals surface area contributed by atoms with E-state index in [0.29, 0.717) is 13.1 Å². The number of piperidine rings is 1. The maximum Gasteiger partial charge on any atom is 0.321 e. The monoisotopic (exact) mass is 416 g/mol. The van der Waals surface area contributed by atoms with Crippen molar-refractivity contribution >= 4 is 17.4 Å². The number of hydrogen-bond donors (Lipinski definition) is 2. The van der Waals surface area contributed by atoms with Crippen molar-refractivity contribution in [1.29, 1.82) is 0 Å². The van der Waals surface area contributed by atoms with Crippen LogP contribution in [-0.2, 0) is 5.54 Å². The van der Waals surface area contributed by atoms with E-state index in [2.05, 4.69) is 51.7 Å². The number of benzene rings is 2. The summed E-state index contributed by atoms with van der Waals surface area (Å²) < 4.78 is 7.70. The molecule has 1 aromatic heterocycles. The number of hydrogen-bond acceptors (Lipinski definition) is 3. The minimum Gasteiger partial charge on any atom is -0.497 e. The number of aromatic nitrogens is 1. The van der Waals surface area contributed by atoms with E-state index in [0.717, 1.165) is 46.8 Å². The fourth-order valence-electron chi connectivity index (χ4n) is 4.79. The number of amides is 2. The van der Waals surface area contributed by atoms with Gasteiger partial charge in [-0.1, -0.05) is 12.1 Å². The second kappa shape index (κ2) is 7.38. The molecular formula is C25H28N4O2. The van der Waals surface area contributed by atoms with Gasteiger partial charge in [-0.05, 0) is 68.1 Å². The number of urea groups is 1. The van der Waals surface area contributed by atoms with Crippen LogP contribution in [0.15, 0.2) is 54.7 Å². The van der Waals surface area contributed by atoms with Crippen molar-refractivity contribution in [1.82, 2.24) is 9.47 Å². The molecule has 6 nitrogen and oxygen atoms in total. The quantitative estimate of drug-likeness (QED) is 0.615. The number of likely N-dealkylation sites (tertiary alicyclic amines) is 1. The maximum atomic E-state index is 13.0. The Morgan fingerprint density at radius 2 is 1.90 bits per heavy atom. The first-order valence-corrected chi connectivity index (χ1v) is 10.8. The molecule has 3 heterocycles. The van der Waals surface area contributed by atoms with Crippen LogP contribution in [0.1, 0.15) is 29.7 Å². The fourth-order valence-corrected chi connectivity index (χ4v) is 4.79. The third kappa shape index (κ3) is 3.32. The molecule has 6 heteroatoms. The molecule has 0 saturated carbocycles. The number of nitrogens with one attached hydrogen (secondary N) is 2. The van der Waals surface area contributed by atoms with Crippen LogP contribution in [0, 0.1) is 13.8 Å². The van der Waals surface area contributed by atoms with E-state index in [4.69, 9.17) is 4.74 Å². The second-order valence-electron chi connectivity index (χ2n) is 8.59. The first kappa shape index (κ1) is 19.5. The van der Waals surface area contributed by atoms with Gasteiger partial charge in [0.05, 0.1) is 24.0 Å². The lowest BCUT2D eigenvalue weighted by Gasteiger charge is -2.46. The van der Waals surface area contributed by atoms with Gasteiger partial charge in [0.1, 0.15) is 5.75 Å². The van der Waals surface area contributed by atoms with Crippen molar-refractivity contribution in [2.45, 2.75) is 32.2 Å². The Morgan fingerprint density at radius 3 is 2.68 bits per heavy atom. The van der Waals surface area contributed by atoms with Gasteiger partial charge < -0.3 is 24.8 Å². The molecule has 31 heavy (non-hydrogen) atoms. The number of fused-ring (bicyclic) bond motifs is 4. The summed E-state index contributed by atoms with van der Waals surface area (Å²) in [6, 6.07) is 16.5. The van der Waals surface area contributed by atoms with E-state index < -0.39 is 0 Å². The van der Waals surface area contributed by atoms with Crippen LogP contribution < -0.4 is 15.4 Å². The molecule has 1 spiro atoms. The molecule has 2 aromatic carbocycles.